The molecule has 7 heteroatoms. The van der Waals surface area contributed by atoms with Crippen molar-refractivity contribution < 1.29 is 14.3 Å². The molecular formula is C23H34ClN3O3. The van der Waals surface area contributed by atoms with E-state index in [0.717, 1.165) is 37.5 Å². The van der Waals surface area contributed by atoms with Crippen LogP contribution >= 0.6 is 11.6 Å². The number of amides is 1. The smallest absolute Gasteiger partial charge is 0.255 e. The molecule has 0 bridgehead atoms. The molecule has 1 amide bonds. The summed E-state index contributed by atoms with van der Waals surface area (Å²) < 4.78 is 11.5. The van der Waals surface area contributed by atoms with Gasteiger partial charge in [0.05, 0.1) is 35.0 Å². The molecule has 1 aliphatic carbocycles. The molecule has 1 aromatic carbocycles. The fourth-order valence-electron chi connectivity index (χ4n) is 5.21. The third-order valence-electron chi connectivity index (χ3n) is 7.06. The number of nitrogens with two attached hydrogens (primary N) is 1. The van der Waals surface area contributed by atoms with Gasteiger partial charge in [0.15, 0.2) is 0 Å². The van der Waals surface area contributed by atoms with Gasteiger partial charge in [-0.05, 0) is 31.4 Å². The first kappa shape index (κ1) is 21.7. The molecular weight excluding hydrogens is 402 g/mol. The number of nitrogens with zero attached hydrogens (tertiary/aromatic N) is 1. The molecule has 1 saturated heterocycles. The fourth-order valence-corrected chi connectivity index (χ4v) is 5.43. The first-order valence-electron chi connectivity index (χ1n) is 11.4. The molecule has 0 spiro atoms. The predicted molar refractivity (Wildman–Crippen MR) is 119 cm³/mol. The number of rotatable bonds is 6. The van der Waals surface area contributed by atoms with Crippen LogP contribution in [0.15, 0.2) is 6.07 Å². The Kier molecular flexibility index (Phi) is 7.06. The van der Waals surface area contributed by atoms with Crippen LogP contribution in [-0.4, -0.2) is 56.3 Å². The predicted octanol–water partition coefficient (Wildman–Crippen LogP) is 3.65. The minimum absolute atomic E-state index is 0.0210. The quantitative estimate of drug-likeness (QED) is 0.667. The molecule has 4 rings (SSSR count). The fraction of sp³-hybridized carbons (Fsp3) is 0.696. The summed E-state index contributed by atoms with van der Waals surface area (Å²) in [5.74, 6) is 1.29. The van der Waals surface area contributed by atoms with Crippen LogP contribution in [0.3, 0.4) is 0 Å². The van der Waals surface area contributed by atoms with Crippen LogP contribution in [0.2, 0.25) is 5.02 Å². The molecule has 2 heterocycles. The highest BCUT2D eigenvalue weighted by molar-refractivity contribution is 6.33. The van der Waals surface area contributed by atoms with E-state index in [4.69, 9.17) is 26.8 Å². The van der Waals surface area contributed by atoms with E-state index in [9.17, 15) is 4.79 Å². The molecule has 2 atom stereocenters. The summed E-state index contributed by atoms with van der Waals surface area (Å²) in [6.07, 6.45) is 9.77. The maximum Gasteiger partial charge on any atom is 0.255 e. The van der Waals surface area contributed by atoms with Gasteiger partial charge >= 0.3 is 0 Å². The standard InChI is InChI=1S/C23H34ClN3O3/c1-29-20-14-27(10-7-15-5-3-2-4-6-15)11-8-19(20)26-23(28)17-13-18(24)21(25)16-9-12-30-22(16)17/h13,15,19-20H,2-12,14,25H2,1H3,(H,26,28)/t19-,20+/m1/s1. The number of nitrogen functional groups attached to an aromatic ring is 1. The Morgan fingerprint density at radius 1 is 1.33 bits per heavy atom. The molecule has 30 heavy (non-hydrogen) atoms. The van der Waals surface area contributed by atoms with E-state index in [0.29, 0.717) is 35.1 Å². The minimum atomic E-state index is -0.169. The number of anilines is 1. The Morgan fingerprint density at radius 3 is 2.90 bits per heavy atom. The number of carbonyl (C=O) groups excluding carboxylic acids is 1. The molecule has 3 N–H and O–H groups in total. The maximum absolute atomic E-state index is 13.1. The first-order chi connectivity index (χ1) is 14.6. The summed E-state index contributed by atoms with van der Waals surface area (Å²) in [7, 11) is 1.73. The van der Waals surface area contributed by atoms with E-state index >= 15 is 0 Å². The van der Waals surface area contributed by atoms with Crippen molar-refractivity contribution in [3.63, 3.8) is 0 Å². The number of hydrogen-bond donors (Lipinski definition) is 2. The van der Waals surface area contributed by atoms with Gasteiger partial charge in [0, 0.05) is 32.2 Å². The van der Waals surface area contributed by atoms with Gasteiger partial charge < -0.3 is 25.4 Å². The van der Waals surface area contributed by atoms with Crippen molar-refractivity contribution in [2.75, 3.05) is 39.1 Å². The normalized spacial score (nSPS) is 25.0. The van der Waals surface area contributed by atoms with Gasteiger partial charge in [-0.3, -0.25) is 4.79 Å². The average molecular weight is 436 g/mol. The minimum Gasteiger partial charge on any atom is -0.492 e. The molecule has 2 fully saturated rings. The number of ether oxygens (including phenoxy) is 2. The van der Waals surface area contributed by atoms with Gasteiger partial charge in [-0.1, -0.05) is 43.7 Å². The van der Waals surface area contributed by atoms with Crippen molar-refractivity contribution in [2.45, 2.75) is 63.5 Å². The van der Waals surface area contributed by atoms with E-state index in [1.165, 1.54) is 38.5 Å². The van der Waals surface area contributed by atoms with Crippen LogP contribution in [0.1, 0.15) is 60.9 Å². The zero-order chi connectivity index (χ0) is 21.1. The lowest BCUT2D eigenvalue weighted by molar-refractivity contribution is 0.00454. The maximum atomic E-state index is 13.1. The number of hydrogen-bond acceptors (Lipinski definition) is 5. The Morgan fingerprint density at radius 2 is 2.13 bits per heavy atom. The second kappa shape index (κ2) is 9.75. The van der Waals surface area contributed by atoms with E-state index in [1.807, 2.05) is 0 Å². The molecule has 1 saturated carbocycles. The van der Waals surface area contributed by atoms with Crippen LogP contribution in [0.5, 0.6) is 5.75 Å². The zero-order valence-electron chi connectivity index (χ0n) is 17.9. The number of carbonyl (C=O) groups is 1. The highest BCUT2D eigenvalue weighted by Crippen LogP contribution is 2.38. The van der Waals surface area contributed by atoms with E-state index < -0.39 is 0 Å². The number of fused-ring (bicyclic) bond motifs is 1. The lowest BCUT2D eigenvalue weighted by Gasteiger charge is -2.38. The van der Waals surface area contributed by atoms with Crippen molar-refractivity contribution in [2.24, 2.45) is 5.92 Å². The van der Waals surface area contributed by atoms with Gasteiger partial charge in [-0.2, -0.15) is 0 Å². The Hall–Kier alpha value is -1.50. The van der Waals surface area contributed by atoms with Gasteiger partial charge in [-0.15, -0.1) is 0 Å². The molecule has 0 unspecified atom stereocenters. The third kappa shape index (κ3) is 4.71. The summed E-state index contributed by atoms with van der Waals surface area (Å²) in [5, 5.41) is 3.58. The molecule has 2 aliphatic heterocycles. The Labute approximate surface area is 184 Å². The lowest BCUT2D eigenvalue weighted by atomic mass is 9.86. The van der Waals surface area contributed by atoms with Crippen molar-refractivity contribution in [3.05, 3.63) is 22.2 Å². The van der Waals surface area contributed by atoms with Gasteiger partial charge in [0.2, 0.25) is 0 Å². The molecule has 0 radical (unpaired) electrons. The molecule has 3 aliphatic rings. The van der Waals surface area contributed by atoms with E-state index in [2.05, 4.69) is 10.2 Å². The summed E-state index contributed by atoms with van der Waals surface area (Å²) in [5.41, 5.74) is 7.88. The zero-order valence-corrected chi connectivity index (χ0v) is 18.7. The topological polar surface area (TPSA) is 76.8 Å². The first-order valence-corrected chi connectivity index (χ1v) is 11.7. The highest BCUT2D eigenvalue weighted by atomic mass is 35.5. The summed E-state index contributed by atoms with van der Waals surface area (Å²) in [6, 6.07) is 1.60. The SMILES string of the molecule is CO[C@H]1CN(CCC2CCCCC2)CC[C@H]1NC(=O)c1cc(Cl)c(N)c2c1OCC2. The number of halogens is 1. The van der Waals surface area contributed by atoms with Gasteiger partial charge in [-0.25, -0.2) is 0 Å². The van der Waals surface area contributed by atoms with Gasteiger partial charge in [0.25, 0.3) is 5.91 Å². The van der Waals surface area contributed by atoms with Crippen molar-refractivity contribution in [1.82, 2.24) is 10.2 Å². The summed E-state index contributed by atoms with van der Waals surface area (Å²) in [4.78, 5) is 15.5. The second-order valence-electron chi connectivity index (χ2n) is 8.96. The highest BCUT2D eigenvalue weighted by Gasteiger charge is 2.33. The molecule has 0 aromatic heterocycles. The lowest BCUT2D eigenvalue weighted by Crippen LogP contribution is -2.55. The van der Waals surface area contributed by atoms with Crippen LogP contribution in [-0.2, 0) is 11.2 Å². The van der Waals surface area contributed by atoms with Gasteiger partial charge in [0.1, 0.15) is 5.75 Å². The van der Waals surface area contributed by atoms with E-state index in [1.54, 1.807) is 13.2 Å². The van der Waals surface area contributed by atoms with E-state index in [-0.39, 0.29) is 18.1 Å². The third-order valence-corrected chi connectivity index (χ3v) is 7.37. The molecule has 1 aromatic rings. The summed E-state index contributed by atoms with van der Waals surface area (Å²) in [6.45, 7) is 3.49. The van der Waals surface area contributed by atoms with Crippen molar-refractivity contribution in [1.29, 1.82) is 0 Å². The number of benzene rings is 1. The van der Waals surface area contributed by atoms with Crippen molar-refractivity contribution in [3.8, 4) is 5.75 Å². The summed E-state index contributed by atoms with van der Waals surface area (Å²) >= 11 is 6.27. The molecule has 6 nitrogen and oxygen atoms in total. The molecule has 166 valence electrons. The van der Waals surface area contributed by atoms with Crippen molar-refractivity contribution >= 4 is 23.2 Å². The largest absolute Gasteiger partial charge is 0.492 e. The second-order valence-corrected chi connectivity index (χ2v) is 9.37. The number of methoxy groups -OCH3 is 1. The van der Waals surface area contributed by atoms with Crippen LogP contribution in [0.4, 0.5) is 5.69 Å². The Balaban J connectivity index is 1.35. The Bertz CT molecular complexity index is 767. The van der Waals surface area contributed by atoms with Crippen LogP contribution < -0.4 is 15.8 Å². The average Bonchev–Trinajstić information content (AvgIpc) is 3.26. The number of piperidine rings is 1. The van der Waals surface area contributed by atoms with Crippen LogP contribution in [0, 0.1) is 5.92 Å². The number of likely N-dealkylation sites (tertiary alicyclic amines) is 1. The van der Waals surface area contributed by atoms with Crippen LogP contribution in [0.25, 0.3) is 0 Å². The monoisotopic (exact) mass is 435 g/mol. The number of nitrogens with one attached hydrogen (secondary N) is 1.